The van der Waals surface area contributed by atoms with E-state index in [0.29, 0.717) is 28.4 Å². The van der Waals surface area contributed by atoms with Crippen molar-refractivity contribution in [3.05, 3.63) is 24.3 Å². The Kier molecular flexibility index (Phi) is 7.69. The summed E-state index contributed by atoms with van der Waals surface area (Å²) >= 11 is 5.62. The van der Waals surface area contributed by atoms with Crippen LogP contribution in [0.4, 0.5) is 14.5 Å². The molecular weight excluding hydrogens is 290 g/mol. The van der Waals surface area contributed by atoms with Gasteiger partial charge in [0.1, 0.15) is 0 Å². The number of alkyl halides is 2. The van der Waals surface area contributed by atoms with Crippen molar-refractivity contribution in [1.29, 1.82) is 0 Å². The Morgan fingerprint density at radius 1 is 1.37 bits per heavy atom. The van der Waals surface area contributed by atoms with Crippen LogP contribution in [0.3, 0.4) is 0 Å². The van der Waals surface area contributed by atoms with E-state index in [1.165, 1.54) is 0 Å². The molecule has 1 aromatic rings. The van der Waals surface area contributed by atoms with Crippen molar-refractivity contribution in [1.82, 2.24) is 5.32 Å². The van der Waals surface area contributed by atoms with Crippen molar-refractivity contribution in [2.75, 3.05) is 25.6 Å². The van der Waals surface area contributed by atoms with Crippen LogP contribution in [-0.2, 0) is 4.74 Å². The lowest BCUT2D eigenvalue weighted by Gasteiger charge is -2.10. The molecule has 3 nitrogen and oxygen atoms in total. The van der Waals surface area contributed by atoms with Gasteiger partial charge in [0.2, 0.25) is 0 Å². The van der Waals surface area contributed by atoms with E-state index in [9.17, 15) is 8.78 Å². The van der Waals surface area contributed by atoms with Gasteiger partial charge >= 0.3 is 0 Å². The molecule has 7 heteroatoms. The molecule has 2 N–H and O–H groups in total. The van der Waals surface area contributed by atoms with E-state index in [1.807, 2.05) is 0 Å². The van der Waals surface area contributed by atoms with Crippen molar-refractivity contribution in [3.63, 3.8) is 0 Å². The minimum atomic E-state index is -2.40. The summed E-state index contributed by atoms with van der Waals surface area (Å²) in [5.74, 6) is -2.40. The molecule has 0 amide bonds. The van der Waals surface area contributed by atoms with Crippen LogP contribution in [0.2, 0.25) is 0 Å². The first kappa shape index (κ1) is 16.1. The molecule has 0 atom stereocenters. The molecule has 0 fully saturated rings. The van der Waals surface area contributed by atoms with E-state index in [0.717, 1.165) is 18.7 Å². The van der Waals surface area contributed by atoms with Crippen molar-refractivity contribution in [3.8, 4) is 0 Å². The fraction of sp³-hybridized carbons (Fsp3) is 0.417. The number of rotatable bonds is 7. The third kappa shape index (κ3) is 7.29. The Bertz CT molecular complexity index is 388. The van der Waals surface area contributed by atoms with Gasteiger partial charge in [0.15, 0.2) is 5.11 Å². The van der Waals surface area contributed by atoms with Crippen molar-refractivity contribution >= 4 is 34.8 Å². The molecule has 0 spiro atoms. The van der Waals surface area contributed by atoms with Crippen LogP contribution in [0.15, 0.2) is 29.2 Å². The minimum absolute atomic E-state index is 0.505. The first-order chi connectivity index (χ1) is 9.11. The Balaban J connectivity index is 2.34. The van der Waals surface area contributed by atoms with Gasteiger partial charge in [-0.15, -0.1) is 0 Å². The van der Waals surface area contributed by atoms with Crippen molar-refractivity contribution in [2.45, 2.75) is 17.1 Å². The van der Waals surface area contributed by atoms with E-state index < -0.39 is 5.76 Å². The smallest absolute Gasteiger partial charge is 0.288 e. The fourth-order valence-electron chi connectivity index (χ4n) is 1.31. The van der Waals surface area contributed by atoms with Crippen LogP contribution in [0.25, 0.3) is 0 Å². The second-order valence-electron chi connectivity index (χ2n) is 3.63. The summed E-state index contributed by atoms with van der Waals surface area (Å²) in [6, 6.07) is 6.70. The zero-order chi connectivity index (χ0) is 14.1. The highest BCUT2D eigenvalue weighted by Gasteiger charge is 2.05. The molecule has 0 aliphatic carbocycles. The van der Waals surface area contributed by atoms with Crippen molar-refractivity contribution in [2.24, 2.45) is 0 Å². The van der Waals surface area contributed by atoms with Crippen LogP contribution >= 0.6 is 24.0 Å². The summed E-state index contributed by atoms with van der Waals surface area (Å²) in [4.78, 5) is 0.527. The first-order valence-corrected chi connectivity index (χ1v) is 6.99. The minimum Gasteiger partial charge on any atom is -0.385 e. The van der Waals surface area contributed by atoms with Gasteiger partial charge in [0, 0.05) is 30.8 Å². The number of thiocarbonyl (C=S) groups is 1. The first-order valence-electron chi connectivity index (χ1n) is 5.70. The van der Waals surface area contributed by atoms with Crippen molar-refractivity contribution < 1.29 is 13.5 Å². The van der Waals surface area contributed by atoms with Crippen LogP contribution < -0.4 is 10.6 Å². The van der Waals surface area contributed by atoms with Crippen LogP contribution in [0.5, 0.6) is 0 Å². The number of thioether (sulfide) groups is 1. The summed E-state index contributed by atoms with van der Waals surface area (Å²) in [6.45, 7) is 1.40. The van der Waals surface area contributed by atoms with Gasteiger partial charge in [-0.3, -0.25) is 0 Å². The molecule has 0 heterocycles. The standard InChI is InChI=1S/C12H16F2N2OS2/c1-17-8-2-7-15-12(18)16-9-3-5-10(6-4-9)19-11(13)14/h3-6,11H,2,7-8H2,1H3,(H2,15,16,18). The molecule has 19 heavy (non-hydrogen) atoms. The Morgan fingerprint density at radius 3 is 2.63 bits per heavy atom. The molecule has 0 bridgehead atoms. The number of halogens is 2. The molecule has 1 aromatic carbocycles. The molecule has 0 aliphatic heterocycles. The van der Waals surface area contributed by atoms with E-state index in [1.54, 1.807) is 31.4 Å². The second kappa shape index (κ2) is 9.06. The van der Waals surface area contributed by atoms with Gasteiger partial charge in [0.25, 0.3) is 5.76 Å². The molecule has 0 saturated carbocycles. The summed E-state index contributed by atoms with van der Waals surface area (Å²) < 4.78 is 29.2. The topological polar surface area (TPSA) is 33.3 Å². The fourth-order valence-corrected chi connectivity index (χ4v) is 2.03. The normalized spacial score (nSPS) is 10.5. The number of nitrogens with one attached hydrogen (secondary N) is 2. The molecule has 106 valence electrons. The quantitative estimate of drug-likeness (QED) is 0.459. The highest BCUT2D eigenvalue weighted by Crippen LogP contribution is 2.26. The molecule has 0 aromatic heterocycles. The number of anilines is 1. The van der Waals surface area contributed by atoms with Gasteiger partial charge in [-0.2, -0.15) is 8.78 Å². The monoisotopic (exact) mass is 306 g/mol. The Labute approximate surface area is 121 Å². The lowest BCUT2D eigenvalue weighted by Crippen LogP contribution is -2.29. The molecule has 0 aliphatic rings. The van der Waals surface area contributed by atoms with E-state index in [2.05, 4.69) is 10.6 Å². The third-order valence-corrected chi connectivity index (χ3v) is 3.12. The summed E-state index contributed by atoms with van der Waals surface area (Å²) in [5, 5.41) is 6.51. The van der Waals surface area contributed by atoms with Crippen LogP contribution in [0, 0.1) is 0 Å². The van der Waals surface area contributed by atoms with E-state index in [4.69, 9.17) is 17.0 Å². The molecule has 0 unspecified atom stereocenters. The highest BCUT2D eigenvalue weighted by molar-refractivity contribution is 7.99. The zero-order valence-corrected chi connectivity index (χ0v) is 12.1. The second-order valence-corrected chi connectivity index (χ2v) is 5.10. The number of methoxy groups -OCH3 is 1. The third-order valence-electron chi connectivity index (χ3n) is 2.15. The Morgan fingerprint density at radius 2 is 2.05 bits per heavy atom. The zero-order valence-electron chi connectivity index (χ0n) is 10.5. The SMILES string of the molecule is COCCCNC(=S)Nc1ccc(SC(F)F)cc1. The number of ether oxygens (including phenoxy) is 1. The molecular formula is C12H16F2N2OS2. The van der Waals surface area contributed by atoms with E-state index >= 15 is 0 Å². The lowest BCUT2D eigenvalue weighted by molar-refractivity contribution is 0.196. The lowest BCUT2D eigenvalue weighted by atomic mass is 10.3. The maximum absolute atomic E-state index is 12.1. The van der Waals surface area contributed by atoms with E-state index in [-0.39, 0.29) is 0 Å². The average Bonchev–Trinajstić information content (AvgIpc) is 2.36. The number of hydrogen-bond donors (Lipinski definition) is 2. The summed E-state index contributed by atoms with van der Waals surface area (Å²) in [7, 11) is 1.65. The summed E-state index contributed by atoms with van der Waals surface area (Å²) in [6.07, 6.45) is 0.863. The number of hydrogen-bond acceptors (Lipinski definition) is 3. The highest BCUT2D eigenvalue weighted by atomic mass is 32.2. The Hall–Kier alpha value is -0.920. The maximum atomic E-state index is 12.1. The largest absolute Gasteiger partial charge is 0.385 e. The van der Waals surface area contributed by atoms with Crippen LogP contribution in [0.1, 0.15) is 6.42 Å². The van der Waals surface area contributed by atoms with Gasteiger partial charge < -0.3 is 15.4 Å². The average molecular weight is 306 g/mol. The number of benzene rings is 1. The van der Waals surface area contributed by atoms with Crippen LogP contribution in [-0.4, -0.2) is 31.1 Å². The maximum Gasteiger partial charge on any atom is 0.288 e. The van der Waals surface area contributed by atoms with Gasteiger partial charge in [-0.25, -0.2) is 0 Å². The molecule has 1 rings (SSSR count). The van der Waals surface area contributed by atoms with Gasteiger partial charge in [-0.1, -0.05) is 11.8 Å². The molecule has 0 saturated heterocycles. The predicted octanol–water partition coefficient (Wildman–Crippen LogP) is 3.32. The van der Waals surface area contributed by atoms with Gasteiger partial charge in [-0.05, 0) is 42.9 Å². The van der Waals surface area contributed by atoms with Gasteiger partial charge in [0.05, 0.1) is 0 Å². The summed E-state index contributed by atoms with van der Waals surface area (Å²) in [5.41, 5.74) is 0.767. The molecule has 0 radical (unpaired) electrons. The predicted molar refractivity (Wildman–Crippen MR) is 79.0 cm³/mol.